The highest BCUT2D eigenvalue weighted by atomic mass is 16.6. The van der Waals surface area contributed by atoms with Gasteiger partial charge in [0, 0.05) is 34.4 Å². The molecule has 27 heavy (non-hydrogen) atoms. The Morgan fingerprint density at radius 1 is 0.667 bits per heavy atom. The van der Waals surface area contributed by atoms with Gasteiger partial charge in [0.2, 0.25) is 0 Å². The zero-order valence-electron chi connectivity index (χ0n) is 13.8. The lowest BCUT2D eigenvalue weighted by atomic mass is 9.96. The number of rotatable bonds is 5. The van der Waals surface area contributed by atoms with E-state index in [1.807, 2.05) is 0 Å². The molecule has 0 bridgehead atoms. The highest BCUT2D eigenvalue weighted by Crippen LogP contribution is 2.23. The van der Waals surface area contributed by atoms with Gasteiger partial charge in [-0.3, -0.25) is 19.7 Å². The average Bonchev–Trinajstić information content (AvgIpc) is 2.67. The lowest BCUT2D eigenvalue weighted by Gasteiger charge is -2.06. The summed E-state index contributed by atoms with van der Waals surface area (Å²) >= 11 is 0. The minimum Gasteiger partial charge on any atom is -0.508 e. The Kier molecular flexibility index (Phi) is 4.68. The van der Waals surface area contributed by atoms with Crippen LogP contribution in [0.25, 0.3) is 0 Å². The number of hydrogen-bond donors (Lipinski definition) is 2. The first-order valence-electron chi connectivity index (χ1n) is 7.82. The van der Waals surface area contributed by atoms with Gasteiger partial charge >= 0.3 is 0 Å². The van der Waals surface area contributed by atoms with Crippen LogP contribution in [-0.2, 0) is 0 Å². The van der Waals surface area contributed by atoms with E-state index in [2.05, 4.69) is 0 Å². The third kappa shape index (κ3) is 3.82. The van der Waals surface area contributed by atoms with Gasteiger partial charge in [-0.05, 0) is 54.6 Å². The van der Waals surface area contributed by atoms with E-state index in [1.165, 1.54) is 54.6 Å². The van der Waals surface area contributed by atoms with Crippen molar-refractivity contribution in [3.8, 4) is 11.5 Å². The van der Waals surface area contributed by atoms with Crippen molar-refractivity contribution in [2.45, 2.75) is 0 Å². The molecule has 0 saturated heterocycles. The molecule has 0 heterocycles. The number of phenols is 2. The molecule has 0 aromatic heterocycles. The monoisotopic (exact) mass is 363 g/mol. The van der Waals surface area contributed by atoms with E-state index < -0.39 is 16.5 Å². The van der Waals surface area contributed by atoms with Crippen molar-refractivity contribution >= 4 is 17.3 Å². The van der Waals surface area contributed by atoms with Crippen LogP contribution in [-0.4, -0.2) is 26.7 Å². The minimum atomic E-state index is -0.679. The topological polar surface area (TPSA) is 118 Å². The number of benzene rings is 3. The van der Waals surface area contributed by atoms with Crippen LogP contribution in [0.3, 0.4) is 0 Å². The predicted molar refractivity (Wildman–Crippen MR) is 96.2 cm³/mol. The van der Waals surface area contributed by atoms with Crippen molar-refractivity contribution in [2.24, 2.45) is 0 Å². The summed E-state index contributed by atoms with van der Waals surface area (Å²) in [6.45, 7) is 0. The Labute approximate surface area is 153 Å². The quantitative estimate of drug-likeness (QED) is 0.407. The molecule has 0 radical (unpaired) electrons. The van der Waals surface area contributed by atoms with E-state index in [0.29, 0.717) is 0 Å². The van der Waals surface area contributed by atoms with Gasteiger partial charge in [-0.1, -0.05) is 0 Å². The fourth-order valence-electron chi connectivity index (χ4n) is 2.54. The summed E-state index contributed by atoms with van der Waals surface area (Å²) in [6, 6.07) is 14.3. The molecule has 0 aliphatic rings. The van der Waals surface area contributed by atoms with E-state index >= 15 is 0 Å². The maximum Gasteiger partial charge on any atom is 0.270 e. The zero-order valence-corrected chi connectivity index (χ0v) is 13.8. The van der Waals surface area contributed by atoms with Crippen LogP contribution < -0.4 is 0 Å². The number of carbonyl (C=O) groups excluding carboxylic acids is 2. The molecule has 3 aromatic rings. The molecule has 0 saturated carbocycles. The van der Waals surface area contributed by atoms with Gasteiger partial charge in [0.15, 0.2) is 11.6 Å². The first-order valence-corrected chi connectivity index (χ1v) is 7.82. The number of carbonyl (C=O) groups is 2. The van der Waals surface area contributed by atoms with Gasteiger partial charge < -0.3 is 10.2 Å². The molecule has 134 valence electrons. The Morgan fingerprint density at radius 3 is 1.37 bits per heavy atom. The van der Waals surface area contributed by atoms with Gasteiger partial charge in [-0.25, -0.2) is 0 Å². The van der Waals surface area contributed by atoms with E-state index in [4.69, 9.17) is 0 Å². The summed E-state index contributed by atoms with van der Waals surface area (Å²) in [4.78, 5) is 35.8. The van der Waals surface area contributed by atoms with E-state index in [0.717, 1.165) is 12.1 Å². The fourth-order valence-corrected chi connectivity index (χ4v) is 2.54. The number of phenolic OH excluding ortho intramolecular Hbond substituents is 2. The maximum atomic E-state index is 12.6. The number of aromatic hydroxyl groups is 2. The van der Waals surface area contributed by atoms with Crippen LogP contribution in [0.1, 0.15) is 31.8 Å². The molecular weight excluding hydrogens is 350 g/mol. The normalized spacial score (nSPS) is 10.4. The Hall–Kier alpha value is -4.00. The smallest absolute Gasteiger partial charge is 0.270 e. The van der Waals surface area contributed by atoms with Gasteiger partial charge in [0.25, 0.3) is 5.69 Å². The van der Waals surface area contributed by atoms with E-state index in [9.17, 15) is 29.9 Å². The molecule has 0 fully saturated rings. The molecule has 3 rings (SSSR count). The number of nitro groups is 1. The SMILES string of the molecule is O=C(c1ccc(O)cc1)c1cc(C(=O)c2ccc(O)cc2)cc([N+](=O)[O-])c1. The van der Waals surface area contributed by atoms with E-state index in [1.54, 1.807) is 0 Å². The van der Waals surface area contributed by atoms with Crippen molar-refractivity contribution in [3.63, 3.8) is 0 Å². The molecule has 0 atom stereocenters. The zero-order chi connectivity index (χ0) is 19.6. The van der Waals surface area contributed by atoms with Gasteiger partial charge in [0.05, 0.1) is 4.92 Å². The Bertz CT molecular complexity index is 963. The highest BCUT2D eigenvalue weighted by molar-refractivity contribution is 6.13. The summed E-state index contributed by atoms with van der Waals surface area (Å²) in [7, 11) is 0. The lowest BCUT2D eigenvalue weighted by Crippen LogP contribution is -2.07. The summed E-state index contributed by atoms with van der Waals surface area (Å²) < 4.78 is 0. The van der Waals surface area contributed by atoms with Crippen LogP contribution in [0.5, 0.6) is 11.5 Å². The predicted octanol–water partition coefficient (Wildman–Crippen LogP) is 3.47. The molecule has 0 spiro atoms. The molecule has 7 heteroatoms. The molecule has 0 amide bonds. The molecule has 0 unspecified atom stereocenters. The third-order valence-electron chi connectivity index (χ3n) is 3.91. The first-order chi connectivity index (χ1) is 12.8. The summed E-state index contributed by atoms with van der Waals surface area (Å²) in [5, 5.41) is 29.9. The second kappa shape index (κ2) is 7.09. The third-order valence-corrected chi connectivity index (χ3v) is 3.91. The highest BCUT2D eigenvalue weighted by Gasteiger charge is 2.20. The average molecular weight is 363 g/mol. The van der Waals surface area contributed by atoms with Crippen molar-refractivity contribution in [2.75, 3.05) is 0 Å². The van der Waals surface area contributed by atoms with Crippen molar-refractivity contribution in [1.29, 1.82) is 0 Å². The fraction of sp³-hybridized carbons (Fsp3) is 0. The van der Waals surface area contributed by atoms with Crippen molar-refractivity contribution < 1.29 is 24.7 Å². The molecule has 7 nitrogen and oxygen atoms in total. The number of nitro benzene ring substituents is 1. The summed E-state index contributed by atoms with van der Waals surface area (Å²) in [5.74, 6) is -1.07. The number of ketones is 2. The van der Waals surface area contributed by atoms with Gasteiger partial charge in [-0.2, -0.15) is 0 Å². The lowest BCUT2D eigenvalue weighted by molar-refractivity contribution is -0.384. The number of non-ortho nitro benzene ring substituents is 1. The number of nitrogens with zero attached hydrogens (tertiary/aromatic N) is 1. The standard InChI is InChI=1S/C20H13NO6/c22-17-5-1-12(2-6-17)19(24)14-9-15(11-16(10-14)21(26)27)20(25)13-3-7-18(23)8-4-13/h1-11,22-23H. The van der Waals surface area contributed by atoms with Crippen LogP contribution >= 0.6 is 0 Å². The van der Waals surface area contributed by atoms with Crippen molar-refractivity contribution in [1.82, 2.24) is 0 Å². The largest absolute Gasteiger partial charge is 0.508 e. The van der Waals surface area contributed by atoms with Crippen LogP contribution in [0.15, 0.2) is 66.7 Å². The molecule has 2 N–H and O–H groups in total. The number of hydrogen-bond acceptors (Lipinski definition) is 6. The second-order valence-corrected chi connectivity index (χ2v) is 5.78. The minimum absolute atomic E-state index is 0.0166. The summed E-state index contributed by atoms with van der Waals surface area (Å²) in [6.07, 6.45) is 0. The Balaban J connectivity index is 2.06. The van der Waals surface area contributed by atoms with Crippen LogP contribution in [0.4, 0.5) is 5.69 Å². The Morgan fingerprint density at radius 2 is 1.04 bits per heavy atom. The van der Waals surface area contributed by atoms with Gasteiger partial charge in [0.1, 0.15) is 11.5 Å². The van der Waals surface area contributed by atoms with E-state index in [-0.39, 0.29) is 39.4 Å². The first kappa shape index (κ1) is 17.8. The molecule has 0 aliphatic carbocycles. The molecule has 0 aliphatic heterocycles. The van der Waals surface area contributed by atoms with Crippen LogP contribution in [0.2, 0.25) is 0 Å². The molecular formula is C20H13NO6. The van der Waals surface area contributed by atoms with Crippen molar-refractivity contribution in [3.05, 3.63) is 99.1 Å². The summed E-state index contributed by atoms with van der Waals surface area (Å²) in [5.41, 5.74) is 0.0171. The maximum absolute atomic E-state index is 12.6. The second-order valence-electron chi connectivity index (χ2n) is 5.78. The molecule has 3 aromatic carbocycles. The van der Waals surface area contributed by atoms with Crippen LogP contribution in [0, 0.1) is 10.1 Å². The van der Waals surface area contributed by atoms with Gasteiger partial charge in [-0.15, -0.1) is 0 Å².